The molecule has 0 saturated carbocycles. The molecular formula is C22H20N4O2. The van der Waals surface area contributed by atoms with E-state index in [0.717, 1.165) is 22.3 Å². The minimum atomic E-state index is -0.166. The maximum atomic E-state index is 12.6. The number of carbonyl (C=O) groups excluding carboxylic acids is 1. The van der Waals surface area contributed by atoms with Crippen LogP contribution in [0.25, 0.3) is 11.0 Å². The smallest absolute Gasteiger partial charge is 0.245 e. The number of para-hydroxylation sites is 3. The van der Waals surface area contributed by atoms with E-state index in [0.29, 0.717) is 11.6 Å². The van der Waals surface area contributed by atoms with Gasteiger partial charge in [0.05, 0.1) is 11.0 Å². The second-order valence-corrected chi connectivity index (χ2v) is 6.47. The highest BCUT2D eigenvalue weighted by Gasteiger charge is 2.14. The van der Waals surface area contributed by atoms with E-state index < -0.39 is 0 Å². The van der Waals surface area contributed by atoms with Gasteiger partial charge < -0.3 is 14.6 Å². The van der Waals surface area contributed by atoms with Crippen molar-refractivity contribution in [3.05, 3.63) is 84.3 Å². The lowest BCUT2D eigenvalue weighted by atomic mass is 10.3. The number of hydrogen-bond acceptors (Lipinski definition) is 4. The Labute approximate surface area is 162 Å². The normalized spacial score (nSPS) is 10.8. The summed E-state index contributed by atoms with van der Waals surface area (Å²) in [6, 6.07) is 21.0. The van der Waals surface area contributed by atoms with E-state index in [2.05, 4.69) is 15.3 Å². The number of fused-ring (bicyclic) bond motifs is 1. The molecule has 4 aromatic rings. The number of rotatable bonds is 6. The van der Waals surface area contributed by atoms with Gasteiger partial charge in [-0.2, -0.15) is 0 Å². The molecule has 2 aromatic carbocycles. The van der Waals surface area contributed by atoms with Crippen molar-refractivity contribution in [3.8, 4) is 5.75 Å². The van der Waals surface area contributed by atoms with Crippen LogP contribution in [0.1, 0.15) is 11.4 Å². The Hall–Kier alpha value is -3.67. The number of imidazole rings is 1. The number of aromatic nitrogens is 3. The second kappa shape index (κ2) is 7.92. The summed E-state index contributed by atoms with van der Waals surface area (Å²) in [5, 5.41) is 2.83. The molecule has 2 heterocycles. The number of amides is 1. The number of pyridine rings is 1. The van der Waals surface area contributed by atoms with Crippen LogP contribution in [0.4, 0.5) is 5.82 Å². The van der Waals surface area contributed by atoms with Gasteiger partial charge in [-0.1, -0.05) is 36.4 Å². The summed E-state index contributed by atoms with van der Waals surface area (Å²) in [6.45, 7) is 2.35. The number of carbonyl (C=O) groups is 1. The van der Waals surface area contributed by atoms with Gasteiger partial charge >= 0.3 is 0 Å². The molecule has 0 unspecified atom stereocenters. The second-order valence-electron chi connectivity index (χ2n) is 6.47. The lowest BCUT2D eigenvalue weighted by Gasteiger charge is -2.11. The highest BCUT2D eigenvalue weighted by Crippen LogP contribution is 2.18. The number of anilines is 1. The number of nitrogens with one attached hydrogen (secondary N) is 1. The maximum Gasteiger partial charge on any atom is 0.245 e. The van der Waals surface area contributed by atoms with Gasteiger partial charge in [0.1, 0.15) is 30.5 Å². The highest BCUT2D eigenvalue weighted by molar-refractivity contribution is 5.90. The van der Waals surface area contributed by atoms with Crippen LogP contribution in [0, 0.1) is 6.92 Å². The van der Waals surface area contributed by atoms with Crippen LogP contribution < -0.4 is 10.1 Å². The predicted molar refractivity (Wildman–Crippen MR) is 108 cm³/mol. The first-order valence-corrected chi connectivity index (χ1v) is 9.03. The molecule has 0 bridgehead atoms. The van der Waals surface area contributed by atoms with E-state index in [1.165, 1.54) is 0 Å². The van der Waals surface area contributed by atoms with E-state index in [4.69, 9.17) is 4.74 Å². The molecule has 6 heteroatoms. The van der Waals surface area contributed by atoms with Gasteiger partial charge in [-0.15, -0.1) is 0 Å². The first kappa shape index (κ1) is 17.7. The molecule has 0 atom stereocenters. The largest absolute Gasteiger partial charge is 0.486 e. The standard InChI is InChI=1S/C22H20N4O2/c1-16-11-12-20(23-13-16)25-22(27)14-26-19-10-6-5-9-18(19)24-21(26)15-28-17-7-3-2-4-8-17/h2-13H,14-15H2,1H3,(H,23,25,27). The third-order valence-corrected chi connectivity index (χ3v) is 4.33. The third-order valence-electron chi connectivity index (χ3n) is 4.33. The molecule has 0 spiro atoms. The van der Waals surface area contributed by atoms with Crippen molar-refractivity contribution < 1.29 is 9.53 Å². The van der Waals surface area contributed by atoms with Crippen molar-refractivity contribution in [1.29, 1.82) is 0 Å². The Morgan fingerprint density at radius 1 is 1.04 bits per heavy atom. The Morgan fingerprint density at radius 3 is 2.61 bits per heavy atom. The van der Waals surface area contributed by atoms with Crippen LogP contribution in [0.15, 0.2) is 72.9 Å². The fraction of sp³-hybridized carbons (Fsp3) is 0.136. The molecule has 4 rings (SSSR count). The number of ether oxygens (including phenoxy) is 1. The van der Waals surface area contributed by atoms with Crippen LogP contribution in [0.3, 0.4) is 0 Å². The van der Waals surface area contributed by atoms with Crippen LogP contribution in [-0.2, 0) is 17.9 Å². The van der Waals surface area contributed by atoms with Crippen molar-refractivity contribution >= 4 is 22.8 Å². The first-order chi connectivity index (χ1) is 13.7. The fourth-order valence-corrected chi connectivity index (χ4v) is 2.94. The van der Waals surface area contributed by atoms with Crippen LogP contribution in [0.5, 0.6) is 5.75 Å². The molecule has 140 valence electrons. The zero-order valence-corrected chi connectivity index (χ0v) is 15.5. The van der Waals surface area contributed by atoms with E-state index in [9.17, 15) is 4.79 Å². The molecule has 0 aliphatic rings. The zero-order chi connectivity index (χ0) is 19.3. The van der Waals surface area contributed by atoms with Crippen molar-refractivity contribution in [3.63, 3.8) is 0 Å². The van der Waals surface area contributed by atoms with E-state index >= 15 is 0 Å². The van der Waals surface area contributed by atoms with Gasteiger partial charge in [0, 0.05) is 6.20 Å². The summed E-state index contributed by atoms with van der Waals surface area (Å²) in [5.74, 6) is 1.81. The number of nitrogens with zero attached hydrogens (tertiary/aromatic N) is 3. The fourth-order valence-electron chi connectivity index (χ4n) is 2.94. The molecule has 0 aliphatic carbocycles. The molecule has 1 amide bonds. The van der Waals surface area contributed by atoms with Gasteiger partial charge in [-0.25, -0.2) is 9.97 Å². The lowest BCUT2D eigenvalue weighted by Crippen LogP contribution is -2.21. The Bertz CT molecular complexity index is 1090. The lowest BCUT2D eigenvalue weighted by molar-refractivity contribution is -0.116. The van der Waals surface area contributed by atoms with Gasteiger partial charge in [-0.05, 0) is 42.8 Å². The van der Waals surface area contributed by atoms with E-state index in [1.807, 2.05) is 72.2 Å². The van der Waals surface area contributed by atoms with Crippen molar-refractivity contribution in [2.75, 3.05) is 5.32 Å². The monoisotopic (exact) mass is 372 g/mol. The Kier molecular flexibility index (Phi) is 5.01. The molecular weight excluding hydrogens is 352 g/mol. The van der Waals surface area contributed by atoms with E-state index in [1.54, 1.807) is 12.3 Å². The minimum absolute atomic E-state index is 0.129. The van der Waals surface area contributed by atoms with Gasteiger partial charge in [0.15, 0.2) is 0 Å². The van der Waals surface area contributed by atoms with Crippen molar-refractivity contribution in [2.24, 2.45) is 0 Å². The van der Waals surface area contributed by atoms with Crippen LogP contribution >= 0.6 is 0 Å². The maximum absolute atomic E-state index is 12.6. The summed E-state index contributed by atoms with van der Waals surface area (Å²) in [7, 11) is 0. The number of aryl methyl sites for hydroxylation is 1. The number of hydrogen-bond donors (Lipinski definition) is 1. The minimum Gasteiger partial charge on any atom is -0.486 e. The SMILES string of the molecule is Cc1ccc(NC(=O)Cn2c(COc3ccccc3)nc3ccccc32)nc1. The van der Waals surface area contributed by atoms with Crippen LogP contribution in [0.2, 0.25) is 0 Å². The summed E-state index contributed by atoms with van der Waals surface area (Å²) in [4.78, 5) is 21.5. The predicted octanol–water partition coefficient (Wildman–Crippen LogP) is 3.96. The molecule has 1 N–H and O–H groups in total. The summed E-state index contributed by atoms with van der Waals surface area (Å²) in [6.07, 6.45) is 1.72. The summed E-state index contributed by atoms with van der Waals surface area (Å²) >= 11 is 0. The van der Waals surface area contributed by atoms with Gasteiger partial charge in [-0.3, -0.25) is 4.79 Å². The topological polar surface area (TPSA) is 69.0 Å². The Balaban J connectivity index is 1.55. The molecule has 0 fully saturated rings. The van der Waals surface area contributed by atoms with Crippen LogP contribution in [-0.4, -0.2) is 20.4 Å². The summed E-state index contributed by atoms with van der Waals surface area (Å²) < 4.78 is 7.72. The summed E-state index contributed by atoms with van der Waals surface area (Å²) in [5.41, 5.74) is 2.76. The number of benzene rings is 2. The molecule has 2 aromatic heterocycles. The average molecular weight is 372 g/mol. The average Bonchev–Trinajstić information content (AvgIpc) is 3.06. The zero-order valence-electron chi connectivity index (χ0n) is 15.5. The first-order valence-electron chi connectivity index (χ1n) is 9.03. The molecule has 0 aliphatic heterocycles. The molecule has 28 heavy (non-hydrogen) atoms. The van der Waals surface area contributed by atoms with Crippen molar-refractivity contribution in [1.82, 2.24) is 14.5 Å². The Morgan fingerprint density at radius 2 is 1.82 bits per heavy atom. The van der Waals surface area contributed by atoms with Crippen molar-refractivity contribution in [2.45, 2.75) is 20.1 Å². The van der Waals surface area contributed by atoms with Gasteiger partial charge in [0.2, 0.25) is 5.91 Å². The molecule has 0 radical (unpaired) electrons. The van der Waals surface area contributed by atoms with Gasteiger partial charge in [0.25, 0.3) is 0 Å². The quantitative estimate of drug-likeness (QED) is 0.556. The molecule has 0 saturated heterocycles. The van der Waals surface area contributed by atoms with E-state index in [-0.39, 0.29) is 19.1 Å². The third kappa shape index (κ3) is 4.01. The molecule has 6 nitrogen and oxygen atoms in total. The highest BCUT2D eigenvalue weighted by atomic mass is 16.5.